The molecule has 3 heterocycles. The zero-order valence-corrected chi connectivity index (χ0v) is 34.1. The number of ether oxygens (including phenoxy) is 2. The van der Waals surface area contributed by atoms with Gasteiger partial charge in [0.15, 0.2) is 23.0 Å². The van der Waals surface area contributed by atoms with Gasteiger partial charge in [-0.2, -0.15) is 0 Å². The Morgan fingerprint density at radius 1 is 0.717 bits per heavy atom. The standard InChI is InChI=1S/C42H50N6O12/c1-22-37(53)45-28(13-16-36(51)52)41(57)46(3)29(18-25-10-15-34(59-6)33(50)20-25)39(55)44-23(2)40(56)48(5)31-17-24-7-11-27(12-8-24)60-35-21-26(9-14-32(35)49)19-30(38(54)43-22)47(4)42(31)58/h7-12,14-15,20-23,28-31,49-50H,13,16-19H2,1-6H3,(H,43,54)(H,44,55)(H,45,53)(H,51,52)/t22-,23+,28+,29+,30+,31?/m1/s1. The first kappa shape index (κ1) is 44.3. The zero-order valence-electron chi connectivity index (χ0n) is 34.1. The smallest absolute Gasteiger partial charge is 0.303 e. The van der Waals surface area contributed by atoms with Crippen molar-refractivity contribution in [3.05, 3.63) is 77.4 Å². The van der Waals surface area contributed by atoms with E-state index in [9.17, 15) is 48.9 Å². The maximum atomic E-state index is 14.7. The first-order valence-corrected chi connectivity index (χ1v) is 19.3. The summed E-state index contributed by atoms with van der Waals surface area (Å²) in [4.78, 5) is 100. The minimum Gasteiger partial charge on any atom is -0.504 e. The van der Waals surface area contributed by atoms with Crippen molar-refractivity contribution in [2.75, 3.05) is 28.3 Å². The lowest BCUT2D eigenvalue weighted by atomic mass is 9.98. The molecule has 6 rings (SSSR count). The minimum atomic E-state index is -1.50. The van der Waals surface area contributed by atoms with Gasteiger partial charge in [-0.15, -0.1) is 0 Å². The Labute approximate surface area is 346 Å². The Bertz CT molecular complexity index is 2150. The average molecular weight is 831 g/mol. The molecule has 0 spiro atoms. The van der Waals surface area contributed by atoms with Crippen molar-refractivity contribution in [3.8, 4) is 28.7 Å². The molecule has 0 aliphatic carbocycles. The average Bonchev–Trinajstić information content (AvgIpc) is 3.21. The molecular weight excluding hydrogens is 780 g/mol. The highest BCUT2D eigenvalue weighted by atomic mass is 16.5. The molecular formula is C42H50N6O12. The quantitative estimate of drug-likeness (QED) is 0.205. The van der Waals surface area contributed by atoms with Crippen molar-refractivity contribution >= 4 is 41.4 Å². The number of fused-ring (bicyclic) bond motifs is 2. The summed E-state index contributed by atoms with van der Waals surface area (Å²) in [5.41, 5.74) is 1.46. The van der Waals surface area contributed by atoms with E-state index in [1.165, 1.54) is 76.2 Å². The number of aromatic hydroxyl groups is 2. The first-order valence-electron chi connectivity index (χ1n) is 19.3. The van der Waals surface area contributed by atoms with E-state index in [-0.39, 0.29) is 42.3 Å². The zero-order chi connectivity index (χ0) is 44.0. The molecule has 18 nitrogen and oxygen atoms in total. The van der Waals surface area contributed by atoms with E-state index in [2.05, 4.69) is 16.0 Å². The highest BCUT2D eigenvalue weighted by Gasteiger charge is 2.40. The van der Waals surface area contributed by atoms with Gasteiger partial charge in [0, 0.05) is 46.8 Å². The normalized spacial score (nSPS) is 23.5. The van der Waals surface area contributed by atoms with E-state index in [0.29, 0.717) is 22.4 Å². The summed E-state index contributed by atoms with van der Waals surface area (Å²) in [5, 5.41) is 38.4. The number of phenols is 2. The van der Waals surface area contributed by atoms with Crippen LogP contribution in [0.1, 0.15) is 43.4 Å². The van der Waals surface area contributed by atoms with Crippen LogP contribution in [0.25, 0.3) is 0 Å². The number of methoxy groups -OCH3 is 1. The Morgan fingerprint density at radius 3 is 2.00 bits per heavy atom. The second-order valence-corrected chi connectivity index (χ2v) is 15.0. The lowest BCUT2D eigenvalue weighted by Gasteiger charge is -2.37. The monoisotopic (exact) mass is 830 g/mol. The number of carboxylic acids is 1. The number of phenolic OH excluding ortho intramolecular Hbond substituents is 2. The molecule has 6 atom stereocenters. The van der Waals surface area contributed by atoms with Crippen LogP contribution < -0.4 is 25.4 Å². The van der Waals surface area contributed by atoms with Gasteiger partial charge in [-0.05, 0) is 73.4 Å². The van der Waals surface area contributed by atoms with Crippen LogP contribution in [0.3, 0.4) is 0 Å². The SMILES string of the molecule is COc1ccc(C[C@H]2C(=O)N[C@@H](C)C(=O)N(C)C3Cc4ccc(cc4)Oc4cc(ccc4O)C[C@@H](C(=O)N[C@H](C)C(=O)N[C@@H](CCC(=O)O)C(=O)N2C)N(C)C3=O)cc1O. The highest BCUT2D eigenvalue weighted by Crippen LogP contribution is 2.33. The van der Waals surface area contributed by atoms with Crippen LogP contribution in [0.4, 0.5) is 0 Å². The Hall–Kier alpha value is -6.85. The van der Waals surface area contributed by atoms with Crippen LogP contribution in [0, 0.1) is 0 Å². The molecule has 60 heavy (non-hydrogen) atoms. The fourth-order valence-electron chi connectivity index (χ4n) is 7.14. The molecule has 1 fully saturated rings. The number of benzene rings is 3. The number of amides is 6. The van der Waals surface area contributed by atoms with Gasteiger partial charge in [0.25, 0.3) is 0 Å². The van der Waals surface area contributed by atoms with E-state index >= 15 is 0 Å². The van der Waals surface area contributed by atoms with Crippen LogP contribution in [-0.4, -0.2) is 136 Å². The van der Waals surface area contributed by atoms with E-state index in [4.69, 9.17) is 9.47 Å². The summed E-state index contributed by atoms with van der Waals surface area (Å²) in [6, 6.07) is 7.45. The number of nitrogens with one attached hydrogen (secondary N) is 3. The summed E-state index contributed by atoms with van der Waals surface area (Å²) in [6.07, 6.45) is -1.31. The molecule has 0 radical (unpaired) electrons. The summed E-state index contributed by atoms with van der Waals surface area (Å²) in [6.45, 7) is 2.75. The predicted molar refractivity (Wildman–Crippen MR) is 214 cm³/mol. The summed E-state index contributed by atoms with van der Waals surface area (Å²) in [5.74, 6) is -5.70. The van der Waals surface area contributed by atoms with E-state index in [0.717, 1.165) is 4.90 Å². The molecule has 1 unspecified atom stereocenters. The van der Waals surface area contributed by atoms with Gasteiger partial charge in [0.1, 0.15) is 42.0 Å². The lowest BCUT2D eigenvalue weighted by Crippen LogP contribution is -2.62. The van der Waals surface area contributed by atoms with Crippen molar-refractivity contribution in [1.82, 2.24) is 30.7 Å². The number of hydrogen-bond acceptors (Lipinski definition) is 11. The second kappa shape index (κ2) is 18.8. The number of likely N-dealkylation sites (N-methyl/N-ethyl adjacent to an activating group) is 3. The van der Waals surface area contributed by atoms with Crippen molar-refractivity contribution in [2.24, 2.45) is 0 Å². The predicted octanol–water partition coefficient (Wildman–Crippen LogP) is 1.09. The fraction of sp³-hybridized carbons (Fsp3) is 0.405. The molecule has 1 saturated heterocycles. The summed E-state index contributed by atoms with van der Waals surface area (Å²) in [7, 11) is 5.43. The molecule has 18 heteroatoms. The number of carbonyl (C=O) groups excluding carboxylic acids is 6. The molecule has 6 bridgehead atoms. The van der Waals surface area contributed by atoms with Crippen LogP contribution >= 0.6 is 0 Å². The third-order valence-corrected chi connectivity index (χ3v) is 10.8. The first-order chi connectivity index (χ1) is 28.4. The van der Waals surface area contributed by atoms with Gasteiger partial charge in [0.05, 0.1) is 7.11 Å². The van der Waals surface area contributed by atoms with E-state index in [1.807, 2.05) is 0 Å². The number of nitrogens with zero attached hydrogens (tertiary/aromatic N) is 3. The summed E-state index contributed by atoms with van der Waals surface area (Å²) >= 11 is 0. The van der Waals surface area contributed by atoms with Gasteiger partial charge >= 0.3 is 5.97 Å². The third kappa shape index (κ3) is 10.2. The topological polar surface area (TPSA) is 244 Å². The van der Waals surface area contributed by atoms with E-state index < -0.39 is 90.5 Å². The third-order valence-electron chi connectivity index (χ3n) is 10.8. The largest absolute Gasteiger partial charge is 0.504 e. The van der Waals surface area contributed by atoms with Crippen molar-refractivity contribution in [3.63, 3.8) is 0 Å². The highest BCUT2D eigenvalue weighted by molar-refractivity contribution is 5.98. The summed E-state index contributed by atoms with van der Waals surface area (Å²) < 4.78 is 11.1. The molecule has 3 aromatic rings. The maximum absolute atomic E-state index is 14.7. The van der Waals surface area contributed by atoms with Crippen LogP contribution in [-0.2, 0) is 52.8 Å². The van der Waals surface area contributed by atoms with Gasteiger partial charge in [-0.3, -0.25) is 33.6 Å². The molecule has 3 aromatic carbocycles. The van der Waals surface area contributed by atoms with Gasteiger partial charge in [0.2, 0.25) is 35.4 Å². The van der Waals surface area contributed by atoms with Crippen LogP contribution in [0.5, 0.6) is 28.7 Å². The van der Waals surface area contributed by atoms with Crippen LogP contribution in [0.15, 0.2) is 60.7 Å². The minimum absolute atomic E-state index is 0.0331. The number of carbonyl (C=O) groups is 7. The maximum Gasteiger partial charge on any atom is 0.303 e. The number of carboxylic acid groups (broad SMARTS) is 1. The van der Waals surface area contributed by atoms with Crippen molar-refractivity contribution in [2.45, 2.75) is 82.2 Å². The Balaban J connectivity index is 1.61. The van der Waals surface area contributed by atoms with E-state index in [1.54, 1.807) is 36.4 Å². The number of hydrogen-bond donors (Lipinski definition) is 6. The number of rotatable bonds is 6. The number of aliphatic carboxylic acids is 1. The molecule has 3 aliphatic heterocycles. The van der Waals surface area contributed by atoms with Gasteiger partial charge in [-0.25, -0.2) is 0 Å². The van der Waals surface area contributed by atoms with Crippen LogP contribution in [0.2, 0.25) is 0 Å². The molecule has 0 aromatic heterocycles. The van der Waals surface area contributed by atoms with Crippen molar-refractivity contribution < 1.29 is 58.4 Å². The molecule has 6 N–H and O–H groups in total. The van der Waals surface area contributed by atoms with Gasteiger partial charge < -0.3 is 55.4 Å². The Morgan fingerprint density at radius 2 is 1.35 bits per heavy atom. The van der Waals surface area contributed by atoms with Gasteiger partial charge in [-0.1, -0.05) is 24.3 Å². The lowest BCUT2D eigenvalue weighted by molar-refractivity contribution is -0.149. The fourth-order valence-corrected chi connectivity index (χ4v) is 7.14. The molecule has 6 amide bonds. The Kier molecular flexibility index (Phi) is 13.9. The molecule has 320 valence electrons. The second-order valence-electron chi connectivity index (χ2n) is 15.0. The van der Waals surface area contributed by atoms with Crippen molar-refractivity contribution in [1.29, 1.82) is 0 Å². The molecule has 0 saturated carbocycles. The molecule has 3 aliphatic rings.